The van der Waals surface area contributed by atoms with Crippen molar-refractivity contribution in [1.82, 2.24) is 0 Å². The molecule has 0 N–H and O–H groups in total. The minimum atomic E-state index is -3.66. The number of hydrogen-bond donors (Lipinski definition) is 0. The van der Waals surface area contributed by atoms with Crippen LogP contribution in [0, 0.1) is 0 Å². The van der Waals surface area contributed by atoms with Crippen molar-refractivity contribution in [2.75, 3.05) is 16.6 Å². The van der Waals surface area contributed by atoms with E-state index in [9.17, 15) is 8.42 Å². The minimum Gasteiger partial charge on any atom is -0.398 e. The molecule has 0 bridgehead atoms. The monoisotopic (exact) mass is 381 g/mol. The van der Waals surface area contributed by atoms with Gasteiger partial charge in [0.1, 0.15) is 5.73 Å². The lowest BCUT2D eigenvalue weighted by Gasteiger charge is -2.32. The second-order valence-corrected chi connectivity index (χ2v) is 9.65. The predicted molar refractivity (Wildman–Crippen MR) is 102 cm³/mol. The van der Waals surface area contributed by atoms with Crippen LogP contribution >= 0.6 is 0 Å². The third kappa shape index (κ3) is 3.08. The molecule has 1 aromatic rings. The van der Waals surface area contributed by atoms with Crippen molar-refractivity contribution < 1.29 is 22.1 Å². The van der Waals surface area contributed by atoms with Crippen molar-refractivity contribution in [1.29, 1.82) is 0 Å². The molecular formula is C18H25BFNO4S. The van der Waals surface area contributed by atoms with Crippen LogP contribution in [0.15, 0.2) is 30.0 Å². The Kier molecular flexibility index (Phi) is 4.74. The molecule has 3 rings (SSSR count). The van der Waals surface area contributed by atoms with E-state index in [0.29, 0.717) is 24.2 Å². The van der Waals surface area contributed by atoms with Crippen LogP contribution in [0.5, 0.6) is 0 Å². The molecule has 0 unspecified atom stereocenters. The average Bonchev–Trinajstić information content (AvgIpc) is 2.77. The van der Waals surface area contributed by atoms with Crippen molar-refractivity contribution in [2.24, 2.45) is 0 Å². The van der Waals surface area contributed by atoms with E-state index in [1.807, 2.05) is 34.6 Å². The third-order valence-corrected chi connectivity index (χ3v) is 7.04. The number of benzene rings is 1. The summed E-state index contributed by atoms with van der Waals surface area (Å²) in [7, 11) is -4.87. The maximum absolute atomic E-state index is 15.4. The van der Waals surface area contributed by atoms with Gasteiger partial charge in [0.15, 0.2) is 0 Å². The van der Waals surface area contributed by atoms with Crippen LogP contribution in [0.3, 0.4) is 0 Å². The van der Waals surface area contributed by atoms with Gasteiger partial charge in [-0.2, -0.15) is 0 Å². The standard InChI is InChI=1S/C18H25BFNO4S/c1-6-11-21-15-10-8-7-9-13(15)14(12-26(21,22)23)16(20)19-24-17(2,3)18(4,5)25-19/h7-10H,6,11-12H2,1-5H3. The van der Waals surface area contributed by atoms with Crippen LogP contribution in [-0.2, 0) is 19.3 Å². The molecule has 1 fully saturated rings. The topological polar surface area (TPSA) is 55.8 Å². The highest BCUT2D eigenvalue weighted by Crippen LogP contribution is 2.43. The van der Waals surface area contributed by atoms with Gasteiger partial charge in [-0.15, -0.1) is 0 Å². The molecule has 5 nitrogen and oxygen atoms in total. The SMILES string of the molecule is CCCN1c2ccccc2C(=C(F)B2OC(C)(C)C(C)(C)O2)CS1(=O)=O. The predicted octanol–water partition coefficient (Wildman–Crippen LogP) is 3.56. The van der Waals surface area contributed by atoms with Gasteiger partial charge in [-0.3, -0.25) is 4.31 Å². The summed E-state index contributed by atoms with van der Waals surface area (Å²) in [5.74, 6) is -0.403. The fourth-order valence-corrected chi connectivity index (χ4v) is 4.92. The molecule has 0 aromatic heterocycles. The van der Waals surface area contributed by atoms with Gasteiger partial charge >= 0.3 is 7.12 Å². The molecule has 26 heavy (non-hydrogen) atoms. The number of rotatable bonds is 3. The molecule has 2 heterocycles. The normalized spacial score (nSPS) is 25.2. The van der Waals surface area contributed by atoms with E-state index in [2.05, 4.69) is 0 Å². The van der Waals surface area contributed by atoms with Gasteiger partial charge in [0, 0.05) is 17.7 Å². The molecule has 2 aliphatic rings. The Bertz CT molecular complexity index is 835. The van der Waals surface area contributed by atoms with Crippen molar-refractivity contribution in [3.05, 3.63) is 35.6 Å². The molecule has 0 amide bonds. The van der Waals surface area contributed by atoms with Crippen molar-refractivity contribution in [3.63, 3.8) is 0 Å². The number of halogens is 1. The zero-order valence-corrected chi connectivity index (χ0v) is 16.7. The fraction of sp³-hybridized carbons (Fsp3) is 0.556. The summed E-state index contributed by atoms with van der Waals surface area (Å²) in [5, 5.41) is 0. The number of para-hydroxylation sites is 1. The lowest BCUT2D eigenvalue weighted by atomic mass is 9.83. The molecule has 142 valence electrons. The van der Waals surface area contributed by atoms with E-state index in [4.69, 9.17) is 9.31 Å². The molecule has 1 saturated heterocycles. The molecule has 0 spiro atoms. The Morgan fingerprint density at radius 1 is 1.19 bits per heavy atom. The summed E-state index contributed by atoms with van der Waals surface area (Å²) in [4.78, 5) is 0. The Hall–Kier alpha value is -1.38. The van der Waals surface area contributed by atoms with Gasteiger partial charge in [0.2, 0.25) is 10.0 Å². The maximum Gasteiger partial charge on any atom is 0.525 e. The Balaban J connectivity index is 2.10. The second-order valence-electron chi connectivity index (χ2n) is 7.76. The van der Waals surface area contributed by atoms with Crippen LogP contribution in [0.4, 0.5) is 10.1 Å². The zero-order chi connectivity index (χ0) is 19.3. The van der Waals surface area contributed by atoms with Gasteiger partial charge in [0.05, 0.1) is 22.6 Å². The van der Waals surface area contributed by atoms with E-state index in [1.54, 1.807) is 24.3 Å². The molecule has 0 aliphatic carbocycles. The van der Waals surface area contributed by atoms with Crippen molar-refractivity contribution in [2.45, 2.75) is 52.2 Å². The lowest BCUT2D eigenvalue weighted by molar-refractivity contribution is 0.00578. The molecule has 8 heteroatoms. The van der Waals surface area contributed by atoms with Crippen molar-refractivity contribution >= 4 is 28.4 Å². The van der Waals surface area contributed by atoms with Gasteiger partial charge in [-0.1, -0.05) is 25.1 Å². The molecular weight excluding hydrogens is 356 g/mol. The number of nitrogens with zero attached hydrogens (tertiary/aromatic N) is 1. The molecule has 1 aromatic carbocycles. The summed E-state index contributed by atoms with van der Waals surface area (Å²) in [6.07, 6.45) is 0.673. The second kappa shape index (κ2) is 6.35. The summed E-state index contributed by atoms with van der Waals surface area (Å²) in [6.45, 7) is 9.61. The highest BCUT2D eigenvalue weighted by atomic mass is 32.2. The van der Waals surface area contributed by atoms with Crippen LogP contribution in [0.2, 0.25) is 0 Å². The van der Waals surface area contributed by atoms with Crippen LogP contribution < -0.4 is 4.31 Å². The van der Waals surface area contributed by atoms with Crippen LogP contribution in [0.25, 0.3) is 5.57 Å². The van der Waals surface area contributed by atoms with Gasteiger partial charge in [-0.05, 0) is 40.2 Å². The first-order valence-electron chi connectivity index (χ1n) is 8.84. The minimum absolute atomic E-state index is 0.117. The highest BCUT2D eigenvalue weighted by Gasteiger charge is 2.54. The van der Waals surface area contributed by atoms with Gasteiger partial charge in [0.25, 0.3) is 0 Å². The summed E-state index contributed by atoms with van der Waals surface area (Å²) in [6, 6.07) is 6.98. The first-order valence-corrected chi connectivity index (χ1v) is 10.4. The van der Waals surface area contributed by atoms with Crippen molar-refractivity contribution in [3.8, 4) is 0 Å². The van der Waals surface area contributed by atoms with E-state index < -0.39 is 39.8 Å². The molecule has 0 atom stereocenters. The number of sulfonamides is 1. The highest BCUT2D eigenvalue weighted by molar-refractivity contribution is 7.93. The van der Waals surface area contributed by atoms with Gasteiger partial charge < -0.3 is 9.31 Å². The molecule has 2 aliphatic heterocycles. The molecule has 0 saturated carbocycles. The number of anilines is 1. The first-order chi connectivity index (χ1) is 12.0. The van der Waals surface area contributed by atoms with E-state index in [0.717, 1.165) is 0 Å². The Morgan fingerprint density at radius 2 is 1.77 bits per heavy atom. The number of hydrogen-bond acceptors (Lipinski definition) is 4. The third-order valence-electron chi connectivity index (χ3n) is 5.34. The van der Waals surface area contributed by atoms with E-state index in [1.165, 1.54) is 4.31 Å². The quantitative estimate of drug-likeness (QED) is 0.752. The smallest absolute Gasteiger partial charge is 0.398 e. The Morgan fingerprint density at radius 3 is 2.35 bits per heavy atom. The fourth-order valence-electron chi connectivity index (χ4n) is 3.18. The zero-order valence-electron chi connectivity index (χ0n) is 15.9. The number of fused-ring (bicyclic) bond motifs is 1. The van der Waals surface area contributed by atoms with Crippen LogP contribution in [0.1, 0.15) is 46.6 Å². The van der Waals surface area contributed by atoms with Crippen LogP contribution in [-0.4, -0.2) is 39.0 Å². The summed E-state index contributed by atoms with van der Waals surface area (Å²) < 4.78 is 53.8. The summed E-state index contributed by atoms with van der Waals surface area (Å²) >= 11 is 0. The first kappa shape index (κ1) is 19.4. The summed E-state index contributed by atoms with van der Waals surface area (Å²) in [5.41, 5.74) is -0.874. The Labute approximate surface area is 155 Å². The average molecular weight is 381 g/mol. The largest absolute Gasteiger partial charge is 0.525 e. The van der Waals surface area contributed by atoms with Gasteiger partial charge in [-0.25, -0.2) is 12.8 Å². The lowest BCUT2D eigenvalue weighted by Crippen LogP contribution is -2.41. The maximum atomic E-state index is 15.4. The van der Waals surface area contributed by atoms with E-state index in [-0.39, 0.29) is 5.57 Å². The van der Waals surface area contributed by atoms with E-state index >= 15 is 4.39 Å². The molecule has 0 radical (unpaired) electrons.